The van der Waals surface area contributed by atoms with Gasteiger partial charge in [-0.3, -0.25) is 72.3 Å². The molecular formula is C62H91N15O19S. The number of carboxylic acid groups (broad SMARTS) is 3. The maximum absolute atomic E-state index is 13.9. The van der Waals surface area contributed by atoms with Crippen molar-refractivity contribution in [1.82, 2.24) is 70.8 Å². The van der Waals surface area contributed by atoms with Crippen LogP contribution in [-0.4, -0.2) is 264 Å². The van der Waals surface area contributed by atoms with Crippen molar-refractivity contribution in [2.75, 3.05) is 124 Å². The maximum Gasteiger partial charge on any atom is 0.317 e. The van der Waals surface area contributed by atoms with Crippen LogP contribution in [0.4, 0.5) is 5.95 Å². The predicted molar refractivity (Wildman–Crippen MR) is 351 cm³/mol. The lowest BCUT2D eigenvalue weighted by Gasteiger charge is -2.32. The SMILES string of the molecule is CC(=O)C(CNC(=O)c1cn(CCCNC(=O)CCC(=O)NCCCOCCCNC(=O)[C@@H](CC(=O)O)NC(=O)[C@@H](CC(=O)O)NC(=O)CN2CCN(CO)CCN(CO)CCN(CC(=O)O)CC2)c2cc(CNc3ncc[nH]3)ccc2c1=O)NS(=O)(=O)c1c(C)cc(C)cc1C. The second-order valence-electron chi connectivity index (χ2n) is 23.4. The van der Waals surface area contributed by atoms with Gasteiger partial charge in [-0.25, -0.2) is 13.4 Å². The summed E-state index contributed by atoms with van der Waals surface area (Å²) in [6.07, 6.45) is 3.44. The van der Waals surface area contributed by atoms with Crippen molar-refractivity contribution in [3.05, 3.63) is 87.0 Å². The molecule has 1 fully saturated rings. The fourth-order valence-electron chi connectivity index (χ4n) is 10.6. The first-order valence-electron chi connectivity index (χ1n) is 31.7. The van der Waals surface area contributed by atoms with Gasteiger partial charge in [-0.05, 0) is 75.8 Å². The fraction of sp³-hybridized carbons (Fsp3) is 0.548. The lowest BCUT2D eigenvalue weighted by atomic mass is 10.1. The lowest BCUT2D eigenvalue weighted by Crippen LogP contribution is -2.56. The molecule has 5 rings (SSSR count). The van der Waals surface area contributed by atoms with E-state index in [-0.39, 0.29) is 134 Å². The summed E-state index contributed by atoms with van der Waals surface area (Å²) in [7, 11) is -4.22. The Labute approximate surface area is 560 Å². The highest BCUT2D eigenvalue weighted by atomic mass is 32.2. The third-order valence-corrected chi connectivity index (χ3v) is 17.4. The molecular weight excluding hydrogens is 1290 g/mol. The number of H-pyrrole nitrogens is 1. The molecule has 1 aliphatic heterocycles. The number of aryl methyl sites for hydroxylation is 4. The summed E-state index contributed by atoms with van der Waals surface area (Å²) < 4.78 is 36.8. The van der Waals surface area contributed by atoms with Crippen LogP contribution in [0.25, 0.3) is 10.9 Å². The topological polar surface area (TPSA) is 475 Å². The van der Waals surface area contributed by atoms with E-state index < -0.39 is 112 Å². The molecule has 0 bridgehead atoms. The van der Waals surface area contributed by atoms with Crippen molar-refractivity contribution in [1.29, 1.82) is 0 Å². The van der Waals surface area contributed by atoms with E-state index in [1.807, 2.05) is 6.92 Å². The summed E-state index contributed by atoms with van der Waals surface area (Å²) >= 11 is 0. The van der Waals surface area contributed by atoms with Crippen molar-refractivity contribution in [3.8, 4) is 0 Å². The fourth-order valence-corrected chi connectivity index (χ4v) is 12.3. The van der Waals surface area contributed by atoms with Crippen LogP contribution in [0.1, 0.15) is 84.5 Å². The average Bonchev–Trinajstić information content (AvgIpc) is 0.872. The van der Waals surface area contributed by atoms with E-state index in [9.17, 15) is 86.7 Å². The summed E-state index contributed by atoms with van der Waals surface area (Å²) in [6, 6.07) is 3.70. The Kier molecular flexibility index (Phi) is 32.6. The molecule has 0 aliphatic carbocycles. The molecule has 2 aromatic heterocycles. The molecule has 534 valence electrons. The number of imidazole rings is 1. The lowest BCUT2D eigenvalue weighted by molar-refractivity contribution is -0.143. The number of Topliss-reactive ketones (excluding diaryl/α,β-unsaturated/α-hetero) is 1. The minimum atomic E-state index is -4.22. The van der Waals surface area contributed by atoms with E-state index >= 15 is 0 Å². The number of carbonyl (C=O) groups is 10. The molecule has 97 heavy (non-hydrogen) atoms. The molecule has 4 aromatic rings. The number of benzene rings is 2. The third kappa shape index (κ3) is 27.3. The van der Waals surface area contributed by atoms with Crippen LogP contribution in [0, 0.1) is 20.8 Å². The number of amides is 6. The molecule has 0 saturated carbocycles. The van der Waals surface area contributed by atoms with Crippen molar-refractivity contribution < 1.29 is 86.6 Å². The molecule has 2 aromatic carbocycles. The minimum absolute atomic E-state index is 0.0141. The Balaban J connectivity index is 1.04. The molecule has 35 heteroatoms. The van der Waals surface area contributed by atoms with E-state index in [2.05, 4.69) is 51.9 Å². The van der Waals surface area contributed by atoms with Crippen LogP contribution < -0.4 is 47.4 Å². The van der Waals surface area contributed by atoms with Gasteiger partial charge in [0, 0.05) is 142 Å². The number of ketones is 1. The first-order valence-corrected chi connectivity index (χ1v) is 33.2. The number of sulfonamides is 1. The number of fused-ring (bicyclic) bond motifs is 1. The van der Waals surface area contributed by atoms with Crippen LogP contribution in [0.15, 0.2) is 58.6 Å². The minimum Gasteiger partial charge on any atom is -0.481 e. The molecule has 34 nitrogen and oxygen atoms in total. The van der Waals surface area contributed by atoms with Crippen LogP contribution >= 0.6 is 0 Å². The van der Waals surface area contributed by atoms with Gasteiger partial charge in [-0.2, -0.15) is 4.72 Å². The Morgan fingerprint density at radius 1 is 0.649 bits per heavy atom. The number of nitrogens with zero attached hydrogens (tertiary/aromatic N) is 6. The molecule has 3 heterocycles. The van der Waals surface area contributed by atoms with Gasteiger partial charge in [-0.15, -0.1) is 0 Å². The van der Waals surface area contributed by atoms with E-state index in [0.29, 0.717) is 61.6 Å². The standard InChI is InChI=1S/C62H91N15O19S/c1-40-28-41(2)58(42(3)29-40)97(94,95)72-49(43(4)80)34-68-59(91)46-35-77(50-30-44(8-9-45(50)57(46)90)33-69-62-66-15-16-67-62)17-5-12-63-51(81)10-11-52(82)64-13-6-26-96-27-7-14-65-60(92)47(31-54(84)85)71-61(93)48(32-55(86)87)70-53(83)36-73-18-19-74(37-56(88)89)21-23-76(39-79)25-24-75(38-78)22-20-73/h8-9,15-16,28-30,35,47-49,72,78-79H,5-7,10-14,17-27,31-34,36-39H2,1-4H3,(H,63,81)(H,64,82)(H,65,92)(H,68,91)(H,70,83)(H,71,93)(H,84,85)(H,86,87)(H,88,89)(H2,66,67,69)/t47-,48-,49?/m1/s1. The maximum atomic E-state index is 13.9. The third-order valence-electron chi connectivity index (χ3n) is 15.6. The molecule has 1 saturated heterocycles. The second kappa shape index (κ2) is 40.0. The summed E-state index contributed by atoms with van der Waals surface area (Å²) in [5.74, 6) is -8.63. The molecule has 3 atom stereocenters. The number of rotatable bonds is 39. The number of pyridine rings is 1. The van der Waals surface area contributed by atoms with Gasteiger partial charge in [0.15, 0.2) is 5.95 Å². The number of aromatic nitrogens is 3. The summed E-state index contributed by atoms with van der Waals surface area (Å²) in [4.78, 5) is 155. The highest BCUT2D eigenvalue weighted by Gasteiger charge is 2.32. The van der Waals surface area contributed by atoms with E-state index in [4.69, 9.17) is 4.74 Å². The van der Waals surface area contributed by atoms with Crippen LogP contribution in [0.3, 0.4) is 0 Å². The Bertz CT molecular complexity index is 3510. The predicted octanol–water partition coefficient (Wildman–Crippen LogP) is -2.63. The van der Waals surface area contributed by atoms with Gasteiger partial charge in [-0.1, -0.05) is 23.8 Å². The second-order valence-corrected chi connectivity index (χ2v) is 25.1. The van der Waals surface area contributed by atoms with Gasteiger partial charge >= 0.3 is 17.9 Å². The first kappa shape index (κ1) is 78.9. The van der Waals surface area contributed by atoms with Gasteiger partial charge in [0.25, 0.3) is 5.91 Å². The first-order chi connectivity index (χ1) is 46.2. The quantitative estimate of drug-likeness (QED) is 0.0203. The number of aliphatic hydroxyl groups is 2. The molecule has 1 aliphatic rings. The highest BCUT2D eigenvalue weighted by molar-refractivity contribution is 7.89. The van der Waals surface area contributed by atoms with Crippen molar-refractivity contribution in [3.63, 3.8) is 0 Å². The normalized spacial score (nSPS) is 14.8. The van der Waals surface area contributed by atoms with Gasteiger partial charge in [0.1, 0.15) is 23.4 Å². The van der Waals surface area contributed by atoms with E-state index in [1.165, 1.54) is 13.1 Å². The zero-order valence-corrected chi connectivity index (χ0v) is 55.8. The van der Waals surface area contributed by atoms with Crippen LogP contribution in [0.2, 0.25) is 0 Å². The smallest absolute Gasteiger partial charge is 0.317 e. The van der Waals surface area contributed by atoms with E-state index in [0.717, 1.165) is 11.1 Å². The number of hydrogen-bond acceptors (Lipinski definition) is 22. The number of nitrogens with one attached hydrogen (secondary N) is 9. The van der Waals surface area contributed by atoms with Crippen molar-refractivity contribution >= 4 is 86.0 Å². The van der Waals surface area contributed by atoms with Gasteiger partial charge in [0.2, 0.25) is 45.0 Å². The number of ether oxygens (including phenoxy) is 1. The molecule has 14 N–H and O–H groups in total. The number of hydrogen-bond donors (Lipinski definition) is 14. The monoisotopic (exact) mass is 1380 g/mol. The molecule has 0 spiro atoms. The number of aliphatic carboxylic acids is 3. The number of carbonyl (C=O) groups excluding carboxylic acids is 7. The highest BCUT2D eigenvalue weighted by Crippen LogP contribution is 2.22. The zero-order chi connectivity index (χ0) is 71.2. The zero-order valence-electron chi connectivity index (χ0n) is 55.0. The molecule has 6 amide bonds. The molecule has 0 radical (unpaired) electrons. The van der Waals surface area contributed by atoms with Gasteiger partial charge < -0.3 is 77.0 Å². The molecule has 1 unspecified atom stereocenters. The number of aromatic amines is 1. The summed E-state index contributed by atoms with van der Waals surface area (Å²) in [5.41, 5.74) is 2.17. The van der Waals surface area contributed by atoms with Crippen molar-refractivity contribution in [2.24, 2.45) is 0 Å². The number of aliphatic hydroxyl groups excluding tert-OH is 2. The van der Waals surface area contributed by atoms with Crippen molar-refractivity contribution in [2.45, 2.75) is 109 Å². The largest absolute Gasteiger partial charge is 0.481 e. The van der Waals surface area contributed by atoms with E-state index in [1.54, 1.807) is 80.7 Å². The average molecular weight is 1380 g/mol. The summed E-state index contributed by atoms with van der Waals surface area (Å²) in [5, 5.41) is 66.9. The number of carboxylic acids is 3. The van der Waals surface area contributed by atoms with Crippen LogP contribution in [-0.2, 0) is 71.0 Å². The Morgan fingerprint density at radius 3 is 1.73 bits per heavy atom. The number of anilines is 1. The Morgan fingerprint density at radius 2 is 1.20 bits per heavy atom. The summed E-state index contributed by atoms with van der Waals surface area (Å²) in [6.45, 7) is 7.68. The van der Waals surface area contributed by atoms with Crippen LogP contribution in [0.5, 0.6) is 0 Å². The van der Waals surface area contributed by atoms with Gasteiger partial charge in [0.05, 0.1) is 55.8 Å². The Hall–Kier alpha value is -8.81.